The SMILES string of the molecule is CCCNC(=O)C(C)OC(=O)c1ccc(N)cc1N. The molecule has 0 aliphatic heterocycles. The summed E-state index contributed by atoms with van der Waals surface area (Å²) >= 11 is 0. The van der Waals surface area contributed by atoms with E-state index in [-0.39, 0.29) is 17.2 Å². The van der Waals surface area contributed by atoms with E-state index in [2.05, 4.69) is 5.32 Å². The first kappa shape index (κ1) is 14.8. The number of hydrogen-bond donors (Lipinski definition) is 3. The van der Waals surface area contributed by atoms with E-state index < -0.39 is 12.1 Å². The lowest BCUT2D eigenvalue weighted by atomic mass is 10.1. The summed E-state index contributed by atoms with van der Waals surface area (Å²) in [6.07, 6.45) is -0.0480. The molecule has 6 heteroatoms. The van der Waals surface area contributed by atoms with Crippen molar-refractivity contribution in [2.45, 2.75) is 26.4 Å². The van der Waals surface area contributed by atoms with Crippen LogP contribution in [0.2, 0.25) is 0 Å². The summed E-state index contributed by atoms with van der Waals surface area (Å²) in [5.41, 5.74) is 12.1. The second-order valence-corrected chi connectivity index (χ2v) is 4.19. The van der Waals surface area contributed by atoms with Gasteiger partial charge < -0.3 is 21.5 Å². The smallest absolute Gasteiger partial charge is 0.341 e. The van der Waals surface area contributed by atoms with Gasteiger partial charge in [0.2, 0.25) is 0 Å². The third-order valence-electron chi connectivity index (χ3n) is 2.50. The average molecular weight is 265 g/mol. The van der Waals surface area contributed by atoms with Gasteiger partial charge in [-0.2, -0.15) is 0 Å². The molecule has 1 rings (SSSR count). The molecule has 104 valence electrons. The molecule has 0 aromatic heterocycles. The zero-order chi connectivity index (χ0) is 14.4. The van der Waals surface area contributed by atoms with Crippen molar-refractivity contribution in [2.24, 2.45) is 0 Å². The second-order valence-electron chi connectivity index (χ2n) is 4.19. The third kappa shape index (κ3) is 4.17. The normalized spacial score (nSPS) is 11.7. The molecule has 0 aliphatic rings. The monoisotopic (exact) mass is 265 g/mol. The fourth-order valence-corrected chi connectivity index (χ4v) is 1.44. The third-order valence-corrected chi connectivity index (χ3v) is 2.50. The minimum absolute atomic E-state index is 0.198. The van der Waals surface area contributed by atoms with Gasteiger partial charge in [0.05, 0.1) is 5.56 Å². The first-order valence-corrected chi connectivity index (χ1v) is 6.09. The Morgan fingerprint density at radius 3 is 2.63 bits per heavy atom. The van der Waals surface area contributed by atoms with Crippen LogP contribution in [0.3, 0.4) is 0 Å². The van der Waals surface area contributed by atoms with Gasteiger partial charge in [-0.05, 0) is 31.5 Å². The predicted molar refractivity (Wildman–Crippen MR) is 73.4 cm³/mol. The molecule has 0 saturated carbocycles. The van der Waals surface area contributed by atoms with Crippen molar-refractivity contribution >= 4 is 23.3 Å². The molecule has 0 bridgehead atoms. The zero-order valence-corrected chi connectivity index (χ0v) is 11.1. The van der Waals surface area contributed by atoms with Crippen LogP contribution >= 0.6 is 0 Å². The molecule has 1 aromatic carbocycles. The van der Waals surface area contributed by atoms with Crippen molar-refractivity contribution in [3.8, 4) is 0 Å². The largest absolute Gasteiger partial charge is 0.449 e. The van der Waals surface area contributed by atoms with Gasteiger partial charge in [0.15, 0.2) is 6.10 Å². The molecule has 19 heavy (non-hydrogen) atoms. The van der Waals surface area contributed by atoms with E-state index >= 15 is 0 Å². The minimum atomic E-state index is -0.865. The van der Waals surface area contributed by atoms with Gasteiger partial charge in [-0.25, -0.2) is 4.79 Å². The Hall–Kier alpha value is -2.24. The number of amides is 1. The summed E-state index contributed by atoms with van der Waals surface area (Å²) in [7, 11) is 0. The van der Waals surface area contributed by atoms with Crippen molar-refractivity contribution in [2.75, 3.05) is 18.0 Å². The lowest BCUT2D eigenvalue weighted by Crippen LogP contribution is -2.36. The summed E-state index contributed by atoms with van der Waals surface area (Å²) in [4.78, 5) is 23.4. The van der Waals surface area contributed by atoms with Gasteiger partial charge in [-0.3, -0.25) is 4.79 Å². The van der Waals surface area contributed by atoms with Crippen LogP contribution in [0.1, 0.15) is 30.6 Å². The molecule has 0 aliphatic carbocycles. The molecule has 1 atom stereocenters. The highest BCUT2D eigenvalue weighted by molar-refractivity contribution is 5.97. The number of carbonyl (C=O) groups is 2. The molecule has 1 aromatic rings. The highest BCUT2D eigenvalue weighted by atomic mass is 16.5. The van der Waals surface area contributed by atoms with E-state index in [1.165, 1.54) is 19.1 Å². The van der Waals surface area contributed by atoms with E-state index in [0.29, 0.717) is 12.2 Å². The fourth-order valence-electron chi connectivity index (χ4n) is 1.44. The van der Waals surface area contributed by atoms with Crippen LogP contribution in [0.4, 0.5) is 11.4 Å². The summed E-state index contributed by atoms with van der Waals surface area (Å²) in [6, 6.07) is 4.50. The van der Waals surface area contributed by atoms with Crippen LogP contribution in [0.5, 0.6) is 0 Å². The lowest BCUT2D eigenvalue weighted by molar-refractivity contribution is -0.129. The first-order chi connectivity index (χ1) is 8.95. The number of nitrogens with two attached hydrogens (primary N) is 2. The van der Waals surface area contributed by atoms with Crippen molar-refractivity contribution in [3.05, 3.63) is 23.8 Å². The van der Waals surface area contributed by atoms with Crippen molar-refractivity contribution < 1.29 is 14.3 Å². The number of hydrogen-bond acceptors (Lipinski definition) is 5. The Morgan fingerprint density at radius 1 is 1.37 bits per heavy atom. The van der Waals surface area contributed by atoms with Crippen LogP contribution in [0, 0.1) is 0 Å². The van der Waals surface area contributed by atoms with Crippen molar-refractivity contribution in [1.29, 1.82) is 0 Å². The van der Waals surface area contributed by atoms with Crippen molar-refractivity contribution in [1.82, 2.24) is 5.32 Å². The molecular weight excluding hydrogens is 246 g/mol. The average Bonchev–Trinajstić information content (AvgIpc) is 2.35. The number of nitrogen functional groups attached to an aromatic ring is 2. The minimum Gasteiger partial charge on any atom is -0.449 e. The maximum atomic E-state index is 11.8. The molecular formula is C13H19N3O3. The van der Waals surface area contributed by atoms with Gasteiger partial charge >= 0.3 is 5.97 Å². The Labute approximate surface area is 112 Å². The molecule has 6 nitrogen and oxygen atoms in total. The summed E-state index contributed by atoms with van der Waals surface area (Å²) in [5, 5.41) is 2.65. The van der Waals surface area contributed by atoms with Gasteiger partial charge in [0, 0.05) is 17.9 Å². The second kappa shape index (κ2) is 6.63. The van der Waals surface area contributed by atoms with E-state index in [1.54, 1.807) is 6.07 Å². The van der Waals surface area contributed by atoms with E-state index in [9.17, 15) is 9.59 Å². The standard InChI is InChI=1S/C13H19N3O3/c1-3-6-16-12(17)8(2)19-13(18)10-5-4-9(14)7-11(10)15/h4-5,7-8H,3,6,14-15H2,1-2H3,(H,16,17). The molecule has 0 radical (unpaired) electrons. The number of nitrogens with one attached hydrogen (secondary N) is 1. The number of benzene rings is 1. The molecule has 1 unspecified atom stereocenters. The molecule has 1 amide bonds. The molecule has 5 N–H and O–H groups in total. The number of anilines is 2. The van der Waals surface area contributed by atoms with Crippen LogP contribution in [-0.2, 0) is 9.53 Å². The molecule has 0 fully saturated rings. The Bertz CT molecular complexity index is 474. The van der Waals surface area contributed by atoms with E-state index in [0.717, 1.165) is 6.42 Å². The topological polar surface area (TPSA) is 107 Å². The highest BCUT2D eigenvalue weighted by Crippen LogP contribution is 2.17. The fraction of sp³-hybridized carbons (Fsp3) is 0.385. The maximum Gasteiger partial charge on any atom is 0.341 e. The van der Waals surface area contributed by atoms with Gasteiger partial charge in [-0.1, -0.05) is 6.92 Å². The lowest BCUT2D eigenvalue weighted by Gasteiger charge is -2.14. The van der Waals surface area contributed by atoms with E-state index in [1.807, 2.05) is 6.92 Å². The summed E-state index contributed by atoms with van der Waals surface area (Å²) in [5.74, 6) is -0.971. The number of esters is 1. The number of rotatable bonds is 5. The first-order valence-electron chi connectivity index (χ1n) is 6.09. The summed E-state index contributed by atoms with van der Waals surface area (Å²) in [6.45, 7) is 3.99. The van der Waals surface area contributed by atoms with Gasteiger partial charge in [0.1, 0.15) is 0 Å². The Morgan fingerprint density at radius 2 is 2.05 bits per heavy atom. The summed E-state index contributed by atoms with van der Waals surface area (Å²) < 4.78 is 5.04. The molecule has 0 heterocycles. The van der Waals surface area contributed by atoms with Crippen molar-refractivity contribution in [3.63, 3.8) is 0 Å². The predicted octanol–water partition coefficient (Wildman–Crippen LogP) is 0.923. The number of carbonyl (C=O) groups excluding carboxylic acids is 2. The Balaban J connectivity index is 2.66. The maximum absolute atomic E-state index is 11.8. The number of ether oxygens (including phenoxy) is 1. The van der Waals surface area contributed by atoms with Gasteiger partial charge in [-0.15, -0.1) is 0 Å². The zero-order valence-electron chi connectivity index (χ0n) is 11.1. The van der Waals surface area contributed by atoms with Crippen LogP contribution in [0.15, 0.2) is 18.2 Å². The van der Waals surface area contributed by atoms with Crippen LogP contribution < -0.4 is 16.8 Å². The van der Waals surface area contributed by atoms with Crippen LogP contribution in [0.25, 0.3) is 0 Å². The highest BCUT2D eigenvalue weighted by Gasteiger charge is 2.19. The Kier molecular flexibility index (Phi) is 5.17. The van der Waals surface area contributed by atoms with Crippen LogP contribution in [-0.4, -0.2) is 24.5 Å². The molecule has 0 spiro atoms. The van der Waals surface area contributed by atoms with Gasteiger partial charge in [0.25, 0.3) is 5.91 Å². The molecule has 0 saturated heterocycles. The quantitative estimate of drug-likeness (QED) is 0.542. The van der Waals surface area contributed by atoms with E-state index in [4.69, 9.17) is 16.2 Å².